The van der Waals surface area contributed by atoms with Crippen molar-refractivity contribution in [2.75, 3.05) is 0 Å². The van der Waals surface area contributed by atoms with Crippen LogP contribution in [-0.2, 0) is 11.3 Å². The van der Waals surface area contributed by atoms with Crippen molar-refractivity contribution >= 4 is 11.7 Å². The van der Waals surface area contributed by atoms with Gasteiger partial charge < -0.3 is 5.32 Å². The molecule has 1 aromatic rings. The second-order valence-corrected chi connectivity index (χ2v) is 5.80. The van der Waals surface area contributed by atoms with E-state index in [0.29, 0.717) is 13.0 Å². The fourth-order valence-electron chi connectivity index (χ4n) is 2.12. The first-order valence-electron chi connectivity index (χ1n) is 7.94. The fourth-order valence-corrected chi connectivity index (χ4v) is 2.12. The van der Waals surface area contributed by atoms with Crippen molar-refractivity contribution in [1.29, 1.82) is 0 Å². The molecule has 0 spiro atoms. The first-order valence-corrected chi connectivity index (χ1v) is 7.94. The summed E-state index contributed by atoms with van der Waals surface area (Å²) in [4.78, 5) is 23.5. The maximum atomic E-state index is 11.8. The van der Waals surface area contributed by atoms with E-state index in [1.807, 2.05) is 38.1 Å². The van der Waals surface area contributed by atoms with Gasteiger partial charge in [-0.05, 0) is 12.0 Å². The van der Waals surface area contributed by atoms with Crippen LogP contribution in [0.4, 0.5) is 0 Å². The van der Waals surface area contributed by atoms with Crippen LogP contribution in [-0.4, -0.2) is 11.7 Å². The van der Waals surface area contributed by atoms with Crippen molar-refractivity contribution in [3.8, 4) is 0 Å². The third kappa shape index (κ3) is 6.56. The van der Waals surface area contributed by atoms with Crippen molar-refractivity contribution in [3.63, 3.8) is 0 Å². The summed E-state index contributed by atoms with van der Waals surface area (Å²) in [7, 11) is 0. The number of rotatable bonds is 9. The number of unbranched alkanes of at least 4 members (excludes halogenated alkanes) is 3. The summed E-state index contributed by atoms with van der Waals surface area (Å²) in [5, 5.41) is 2.92. The van der Waals surface area contributed by atoms with Gasteiger partial charge in [-0.15, -0.1) is 0 Å². The van der Waals surface area contributed by atoms with E-state index in [0.717, 1.165) is 24.0 Å². The summed E-state index contributed by atoms with van der Waals surface area (Å²) in [6.07, 6.45) is 5.06. The van der Waals surface area contributed by atoms with Crippen molar-refractivity contribution in [2.24, 2.45) is 5.92 Å². The molecule has 0 saturated carbocycles. The zero-order chi connectivity index (χ0) is 15.7. The predicted octanol–water partition coefficient (Wildman–Crippen LogP) is 4.11. The van der Waals surface area contributed by atoms with E-state index in [1.165, 1.54) is 12.8 Å². The predicted molar refractivity (Wildman–Crippen MR) is 86.2 cm³/mol. The molecule has 3 heteroatoms. The van der Waals surface area contributed by atoms with Crippen molar-refractivity contribution in [1.82, 2.24) is 5.32 Å². The maximum Gasteiger partial charge on any atom is 0.220 e. The first kappa shape index (κ1) is 17.4. The summed E-state index contributed by atoms with van der Waals surface area (Å²) in [5.74, 6) is 0.272. The van der Waals surface area contributed by atoms with E-state index in [9.17, 15) is 9.59 Å². The Morgan fingerprint density at radius 1 is 1.05 bits per heavy atom. The molecule has 0 bridgehead atoms. The quantitative estimate of drug-likeness (QED) is 0.549. The molecule has 0 heterocycles. The van der Waals surface area contributed by atoms with Crippen LogP contribution in [0.5, 0.6) is 0 Å². The highest BCUT2D eigenvalue weighted by atomic mass is 16.1. The van der Waals surface area contributed by atoms with Gasteiger partial charge >= 0.3 is 0 Å². The molecule has 0 unspecified atom stereocenters. The smallest absolute Gasteiger partial charge is 0.220 e. The van der Waals surface area contributed by atoms with Crippen LogP contribution in [0.2, 0.25) is 0 Å². The highest BCUT2D eigenvalue weighted by molar-refractivity contribution is 5.97. The zero-order valence-corrected chi connectivity index (χ0v) is 13.4. The molecule has 1 rings (SSSR count). The molecule has 0 aromatic heterocycles. The monoisotopic (exact) mass is 289 g/mol. The van der Waals surface area contributed by atoms with Gasteiger partial charge in [-0.1, -0.05) is 64.3 Å². The van der Waals surface area contributed by atoms with Crippen LogP contribution in [0.15, 0.2) is 24.3 Å². The number of nitrogens with one attached hydrogen (secondary N) is 1. The highest BCUT2D eigenvalue weighted by Crippen LogP contribution is 2.10. The van der Waals surface area contributed by atoms with Gasteiger partial charge in [0.1, 0.15) is 0 Å². The molecular formula is C18H27NO2. The Kier molecular flexibility index (Phi) is 7.73. The average molecular weight is 289 g/mol. The van der Waals surface area contributed by atoms with Gasteiger partial charge in [-0.3, -0.25) is 9.59 Å². The number of amides is 1. The van der Waals surface area contributed by atoms with Crippen LogP contribution in [0, 0.1) is 5.92 Å². The minimum atomic E-state index is 0.0127. The van der Waals surface area contributed by atoms with Gasteiger partial charge in [0.15, 0.2) is 5.78 Å². The second-order valence-electron chi connectivity index (χ2n) is 5.80. The lowest BCUT2D eigenvalue weighted by atomic mass is 10.00. The van der Waals surface area contributed by atoms with Crippen LogP contribution in [0.3, 0.4) is 0 Å². The SMILES string of the molecule is CCCCCCC(=O)NCc1ccc(C(=O)C(C)C)cc1. The number of hydrogen-bond acceptors (Lipinski definition) is 2. The van der Waals surface area contributed by atoms with Crippen LogP contribution >= 0.6 is 0 Å². The number of ketones is 1. The summed E-state index contributed by atoms with van der Waals surface area (Å²) in [5.41, 5.74) is 1.76. The van der Waals surface area contributed by atoms with Crippen molar-refractivity contribution in [2.45, 2.75) is 59.4 Å². The minimum absolute atomic E-state index is 0.0127. The summed E-state index contributed by atoms with van der Waals surface area (Å²) >= 11 is 0. The second kappa shape index (κ2) is 9.32. The third-order valence-electron chi connectivity index (χ3n) is 3.51. The molecule has 0 radical (unpaired) electrons. The van der Waals surface area contributed by atoms with Gasteiger partial charge in [0, 0.05) is 24.4 Å². The molecule has 1 aromatic carbocycles. The molecule has 0 aliphatic carbocycles. The van der Waals surface area contributed by atoms with Gasteiger partial charge in [0.25, 0.3) is 0 Å². The molecule has 0 saturated heterocycles. The van der Waals surface area contributed by atoms with Crippen LogP contribution < -0.4 is 5.32 Å². The Morgan fingerprint density at radius 2 is 1.71 bits per heavy atom. The number of benzene rings is 1. The first-order chi connectivity index (χ1) is 10.0. The Balaban J connectivity index is 2.35. The zero-order valence-electron chi connectivity index (χ0n) is 13.4. The van der Waals surface area contributed by atoms with Gasteiger partial charge in [-0.2, -0.15) is 0 Å². The standard InChI is InChI=1S/C18H27NO2/c1-4-5-6-7-8-17(20)19-13-15-9-11-16(12-10-15)18(21)14(2)3/h9-12,14H,4-8,13H2,1-3H3,(H,19,20). The lowest BCUT2D eigenvalue weighted by Crippen LogP contribution is -2.22. The topological polar surface area (TPSA) is 46.2 Å². The fraction of sp³-hybridized carbons (Fsp3) is 0.556. The van der Waals surface area contributed by atoms with E-state index < -0.39 is 0 Å². The van der Waals surface area contributed by atoms with E-state index in [4.69, 9.17) is 0 Å². The van der Waals surface area contributed by atoms with Gasteiger partial charge in [0.05, 0.1) is 0 Å². The van der Waals surface area contributed by atoms with Crippen molar-refractivity contribution < 1.29 is 9.59 Å². The largest absolute Gasteiger partial charge is 0.352 e. The molecule has 3 nitrogen and oxygen atoms in total. The number of carbonyl (C=O) groups excluding carboxylic acids is 2. The summed E-state index contributed by atoms with van der Waals surface area (Å²) in [6.45, 7) is 6.49. The highest BCUT2D eigenvalue weighted by Gasteiger charge is 2.09. The Hall–Kier alpha value is -1.64. The Labute approximate surface area is 128 Å². The maximum absolute atomic E-state index is 11.8. The lowest BCUT2D eigenvalue weighted by Gasteiger charge is -2.07. The van der Waals surface area contributed by atoms with Crippen LogP contribution in [0.1, 0.15) is 68.8 Å². The van der Waals surface area contributed by atoms with E-state index in [2.05, 4.69) is 12.2 Å². The molecule has 0 aliphatic rings. The molecule has 1 amide bonds. The van der Waals surface area contributed by atoms with E-state index in [1.54, 1.807) is 0 Å². The molecule has 1 N–H and O–H groups in total. The molecule has 0 atom stereocenters. The third-order valence-corrected chi connectivity index (χ3v) is 3.51. The summed E-state index contributed by atoms with van der Waals surface area (Å²) < 4.78 is 0. The molecule has 116 valence electrons. The number of Topliss-reactive ketones (excluding diaryl/α,β-unsaturated/α-hetero) is 1. The normalized spacial score (nSPS) is 10.7. The van der Waals surface area contributed by atoms with Gasteiger partial charge in [0.2, 0.25) is 5.91 Å². The Morgan fingerprint density at radius 3 is 2.29 bits per heavy atom. The molecule has 0 aliphatic heterocycles. The van der Waals surface area contributed by atoms with E-state index in [-0.39, 0.29) is 17.6 Å². The molecule has 21 heavy (non-hydrogen) atoms. The lowest BCUT2D eigenvalue weighted by molar-refractivity contribution is -0.121. The average Bonchev–Trinajstić information content (AvgIpc) is 2.49. The molecule has 0 fully saturated rings. The van der Waals surface area contributed by atoms with E-state index >= 15 is 0 Å². The number of carbonyl (C=O) groups is 2. The van der Waals surface area contributed by atoms with Crippen molar-refractivity contribution in [3.05, 3.63) is 35.4 Å². The van der Waals surface area contributed by atoms with Gasteiger partial charge in [-0.25, -0.2) is 0 Å². The van der Waals surface area contributed by atoms with Crippen LogP contribution in [0.25, 0.3) is 0 Å². The number of hydrogen-bond donors (Lipinski definition) is 1. The molecular weight excluding hydrogens is 262 g/mol. The summed E-state index contributed by atoms with van der Waals surface area (Å²) in [6, 6.07) is 7.50. The minimum Gasteiger partial charge on any atom is -0.352 e. The Bertz CT molecular complexity index is 449.